The molecule has 92 valence electrons. The molecule has 6 nitrogen and oxygen atoms in total. The molecule has 0 aliphatic rings. The number of hydrogen-bond donors (Lipinski definition) is 1. The molecule has 1 N–H and O–H groups in total. The molecular weight excluding hydrogens is 220 g/mol. The Labute approximate surface area is 98.8 Å². The van der Waals surface area contributed by atoms with E-state index in [-0.39, 0.29) is 5.69 Å². The summed E-state index contributed by atoms with van der Waals surface area (Å²) >= 11 is 0. The minimum Gasteiger partial charge on any atom is -0.383 e. The van der Waals surface area contributed by atoms with Crippen LogP contribution in [-0.4, -0.2) is 41.0 Å². The minimum atomic E-state index is -0.103. The lowest BCUT2D eigenvalue weighted by atomic mass is 10.5. The maximum atomic E-state index is 11.9. The number of ether oxygens (including phenoxy) is 1. The number of rotatable bonds is 6. The summed E-state index contributed by atoms with van der Waals surface area (Å²) < 4.78 is 7.92. The van der Waals surface area contributed by atoms with Crippen LogP contribution in [0.2, 0.25) is 0 Å². The van der Waals surface area contributed by atoms with Crippen LogP contribution in [0.15, 0.2) is 29.2 Å². The molecule has 0 spiro atoms. The highest BCUT2D eigenvalue weighted by Gasteiger charge is 2.04. The molecule has 2 rings (SSSR count). The van der Waals surface area contributed by atoms with Crippen LogP contribution in [0.1, 0.15) is 0 Å². The minimum absolute atomic E-state index is 0.103. The van der Waals surface area contributed by atoms with Gasteiger partial charge < -0.3 is 10.1 Å². The average Bonchev–Trinajstić information content (AvgIpc) is 2.67. The fourth-order valence-electron chi connectivity index (χ4n) is 1.60. The lowest BCUT2D eigenvalue weighted by Gasteiger charge is -2.02. The summed E-state index contributed by atoms with van der Waals surface area (Å²) in [6, 6.07) is 5.50. The first-order valence-corrected chi connectivity index (χ1v) is 5.57. The number of nitrogens with zero attached hydrogens (tertiary/aromatic N) is 3. The maximum absolute atomic E-state index is 11.9. The van der Waals surface area contributed by atoms with Crippen molar-refractivity contribution < 1.29 is 4.74 Å². The molecule has 0 aliphatic carbocycles. The molecule has 0 bridgehead atoms. The molecule has 0 aromatic carbocycles. The van der Waals surface area contributed by atoms with E-state index in [1.54, 1.807) is 13.3 Å². The topological polar surface area (TPSA) is 60.6 Å². The fourth-order valence-corrected chi connectivity index (χ4v) is 1.60. The number of methoxy groups -OCH3 is 1. The smallest absolute Gasteiger partial charge is 0.350 e. The van der Waals surface area contributed by atoms with Gasteiger partial charge in [-0.1, -0.05) is 6.07 Å². The van der Waals surface area contributed by atoms with Crippen LogP contribution in [0.5, 0.6) is 0 Å². The van der Waals surface area contributed by atoms with Gasteiger partial charge in [0.25, 0.3) is 0 Å². The Balaban J connectivity index is 1.99. The molecule has 2 heterocycles. The molecule has 2 aromatic heterocycles. The van der Waals surface area contributed by atoms with E-state index in [9.17, 15) is 4.79 Å². The highest BCUT2D eigenvalue weighted by molar-refractivity contribution is 5.35. The van der Waals surface area contributed by atoms with Gasteiger partial charge in [0.05, 0.1) is 13.2 Å². The van der Waals surface area contributed by atoms with E-state index in [2.05, 4.69) is 10.4 Å². The zero-order valence-corrected chi connectivity index (χ0v) is 9.80. The predicted octanol–water partition coefficient (Wildman–Crippen LogP) is -0.268. The SMILES string of the molecule is COCCNCCn1nc2ccccn2c1=O. The van der Waals surface area contributed by atoms with Gasteiger partial charge in [-0.05, 0) is 12.1 Å². The Morgan fingerprint density at radius 1 is 1.41 bits per heavy atom. The van der Waals surface area contributed by atoms with Gasteiger partial charge in [-0.3, -0.25) is 4.40 Å². The normalized spacial score (nSPS) is 11.1. The molecule has 17 heavy (non-hydrogen) atoms. The monoisotopic (exact) mass is 236 g/mol. The summed E-state index contributed by atoms with van der Waals surface area (Å²) in [4.78, 5) is 11.9. The van der Waals surface area contributed by atoms with E-state index in [4.69, 9.17) is 4.74 Å². The van der Waals surface area contributed by atoms with E-state index in [0.29, 0.717) is 25.3 Å². The first kappa shape index (κ1) is 11.8. The molecule has 0 saturated carbocycles. The Morgan fingerprint density at radius 3 is 3.06 bits per heavy atom. The average molecular weight is 236 g/mol. The van der Waals surface area contributed by atoms with Gasteiger partial charge in [-0.25, -0.2) is 9.48 Å². The third kappa shape index (κ3) is 2.72. The van der Waals surface area contributed by atoms with Crippen molar-refractivity contribution in [2.75, 3.05) is 26.8 Å². The zero-order chi connectivity index (χ0) is 12.1. The van der Waals surface area contributed by atoms with Crippen molar-refractivity contribution in [1.82, 2.24) is 19.5 Å². The van der Waals surface area contributed by atoms with E-state index in [1.165, 1.54) is 9.08 Å². The van der Waals surface area contributed by atoms with Gasteiger partial charge in [0.2, 0.25) is 0 Å². The van der Waals surface area contributed by atoms with Crippen LogP contribution < -0.4 is 11.0 Å². The van der Waals surface area contributed by atoms with Crippen molar-refractivity contribution in [2.45, 2.75) is 6.54 Å². The second-order valence-electron chi connectivity index (χ2n) is 3.68. The Hall–Kier alpha value is -1.66. The zero-order valence-electron chi connectivity index (χ0n) is 9.80. The Morgan fingerprint density at radius 2 is 2.29 bits per heavy atom. The quantitative estimate of drug-likeness (QED) is 0.701. The lowest BCUT2D eigenvalue weighted by Crippen LogP contribution is -2.29. The molecular formula is C11H16N4O2. The highest BCUT2D eigenvalue weighted by Crippen LogP contribution is 1.94. The van der Waals surface area contributed by atoms with Crippen LogP contribution in [0.25, 0.3) is 5.65 Å². The summed E-state index contributed by atoms with van der Waals surface area (Å²) in [7, 11) is 1.66. The first-order valence-electron chi connectivity index (χ1n) is 5.57. The van der Waals surface area contributed by atoms with Crippen LogP contribution in [0.3, 0.4) is 0 Å². The number of nitrogens with one attached hydrogen (secondary N) is 1. The lowest BCUT2D eigenvalue weighted by molar-refractivity contribution is 0.199. The van der Waals surface area contributed by atoms with Crippen molar-refractivity contribution in [1.29, 1.82) is 0 Å². The third-order valence-electron chi connectivity index (χ3n) is 2.47. The van der Waals surface area contributed by atoms with Crippen molar-refractivity contribution in [3.05, 3.63) is 34.9 Å². The third-order valence-corrected chi connectivity index (χ3v) is 2.47. The first-order chi connectivity index (χ1) is 8.33. The highest BCUT2D eigenvalue weighted by atomic mass is 16.5. The largest absolute Gasteiger partial charge is 0.383 e. The second-order valence-corrected chi connectivity index (χ2v) is 3.68. The van der Waals surface area contributed by atoms with Crippen molar-refractivity contribution in [2.24, 2.45) is 0 Å². The fraction of sp³-hybridized carbons (Fsp3) is 0.455. The second kappa shape index (κ2) is 5.60. The van der Waals surface area contributed by atoms with Crippen LogP contribution in [-0.2, 0) is 11.3 Å². The molecule has 0 unspecified atom stereocenters. The molecule has 2 aromatic rings. The standard InChI is InChI=1S/C11H16N4O2/c1-17-9-6-12-5-8-15-11(16)14-7-3-2-4-10(14)13-15/h2-4,7,12H,5-6,8-9H2,1H3. The Kier molecular flexibility index (Phi) is 3.89. The van der Waals surface area contributed by atoms with Gasteiger partial charge in [-0.2, -0.15) is 0 Å². The van der Waals surface area contributed by atoms with Crippen LogP contribution >= 0.6 is 0 Å². The van der Waals surface area contributed by atoms with Gasteiger partial charge in [0.1, 0.15) is 0 Å². The van der Waals surface area contributed by atoms with Gasteiger partial charge >= 0.3 is 5.69 Å². The summed E-state index contributed by atoms with van der Waals surface area (Å²) in [6.45, 7) is 2.70. The molecule has 6 heteroatoms. The molecule has 0 aliphatic heterocycles. The van der Waals surface area contributed by atoms with Crippen molar-refractivity contribution in [3.63, 3.8) is 0 Å². The summed E-state index contributed by atoms with van der Waals surface area (Å²) in [6.07, 6.45) is 1.72. The van der Waals surface area contributed by atoms with E-state index >= 15 is 0 Å². The number of fused-ring (bicyclic) bond motifs is 1. The maximum Gasteiger partial charge on any atom is 0.350 e. The summed E-state index contributed by atoms with van der Waals surface area (Å²) in [5, 5.41) is 7.40. The van der Waals surface area contributed by atoms with Crippen molar-refractivity contribution in [3.8, 4) is 0 Å². The molecule has 0 saturated heterocycles. The molecule has 0 fully saturated rings. The van der Waals surface area contributed by atoms with Gasteiger partial charge in [-0.15, -0.1) is 5.10 Å². The van der Waals surface area contributed by atoms with E-state index < -0.39 is 0 Å². The summed E-state index contributed by atoms with van der Waals surface area (Å²) in [5.74, 6) is 0. The predicted molar refractivity (Wildman–Crippen MR) is 64.2 cm³/mol. The molecule has 0 radical (unpaired) electrons. The van der Waals surface area contributed by atoms with Crippen LogP contribution in [0, 0.1) is 0 Å². The van der Waals surface area contributed by atoms with Gasteiger partial charge in [0.15, 0.2) is 5.65 Å². The number of hydrogen-bond acceptors (Lipinski definition) is 4. The van der Waals surface area contributed by atoms with Crippen molar-refractivity contribution >= 4 is 5.65 Å². The Bertz CT molecular complexity index is 531. The number of aromatic nitrogens is 3. The number of pyridine rings is 1. The van der Waals surface area contributed by atoms with E-state index in [0.717, 1.165) is 6.54 Å². The van der Waals surface area contributed by atoms with E-state index in [1.807, 2.05) is 18.2 Å². The van der Waals surface area contributed by atoms with Gasteiger partial charge in [0, 0.05) is 26.4 Å². The molecule has 0 amide bonds. The van der Waals surface area contributed by atoms with Crippen LogP contribution in [0.4, 0.5) is 0 Å². The molecule has 0 atom stereocenters. The summed E-state index contributed by atoms with van der Waals surface area (Å²) in [5.41, 5.74) is 0.573.